The molecule has 6 aliphatic heterocycles. The Bertz CT molecular complexity index is 1230. The van der Waals surface area contributed by atoms with Gasteiger partial charge in [-0.3, -0.25) is 9.78 Å². The maximum absolute atomic E-state index is 12.8. The number of ether oxygens (including phenoxy) is 4. The average Bonchev–Trinajstić information content (AvgIpc) is 3.41. The first-order valence-corrected chi connectivity index (χ1v) is 17.1. The van der Waals surface area contributed by atoms with Crippen LogP contribution < -0.4 is 0 Å². The van der Waals surface area contributed by atoms with Crippen molar-refractivity contribution >= 4 is 11.9 Å². The number of carbonyl (C=O) groups excluding carboxylic acids is 2. The predicted molar refractivity (Wildman–Crippen MR) is 160 cm³/mol. The van der Waals surface area contributed by atoms with Crippen molar-refractivity contribution in [3.05, 3.63) is 35.4 Å². The largest absolute Gasteiger partial charge is 0.373 e. The summed E-state index contributed by atoms with van der Waals surface area (Å²) in [7, 11) is 3.21. The van der Waals surface area contributed by atoms with E-state index < -0.39 is 47.3 Å². The van der Waals surface area contributed by atoms with E-state index in [2.05, 4.69) is 0 Å². The van der Waals surface area contributed by atoms with Crippen LogP contribution in [-0.2, 0) is 58.0 Å². The zero-order chi connectivity index (χ0) is 33.6. The quantitative estimate of drug-likeness (QED) is 0.239. The molecule has 1 aromatic carbocycles. The summed E-state index contributed by atoms with van der Waals surface area (Å²) in [6, 6.07) is 5.79. The number of fused-ring (bicyclic) bond motifs is 6. The van der Waals surface area contributed by atoms with E-state index >= 15 is 0 Å². The Hall–Kier alpha value is -2.24. The van der Waals surface area contributed by atoms with Crippen molar-refractivity contribution in [2.75, 3.05) is 27.4 Å². The van der Waals surface area contributed by atoms with Crippen molar-refractivity contribution in [2.24, 2.45) is 23.7 Å². The summed E-state index contributed by atoms with van der Waals surface area (Å²) in [4.78, 5) is 70.2. The summed E-state index contributed by atoms with van der Waals surface area (Å²) in [5.41, 5.74) is -0.953. The molecule has 8 fully saturated rings. The molecule has 6 heterocycles. The van der Waals surface area contributed by atoms with Gasteiger partial charge in [0.15, 0.2) is 23.8 Å². The fourth-order valence-corrected chi connectivity index (χ4v) is 8.57. The minimum absolute atomic E-state index is 0.0342. The molecule has 0 aromatic heterocycles. The molecule has 266 valence electrons. The molecular formula is C34H46O14. The Labute approximate surface area is 279 Å². The number of methoxy groups -OCH3 is 2. The molecule has 2 saturated carbocycles. The molecule has 6 saturated heterocycles. The van der Waals surface area contributed by atoms with Crippen LogP contribution >= 0.6 is 0 Å². The second-order valence-corrected chi connectivity index (χ2v) is 14.3. The van der Waals surface area contributed by atoms with Gasteiger partial charge in [-0.1, -0.05) is 25.7 Å². The lowest BCUT2D eigenvalue weighted by Gasteiger charge is -2.49. The Balaban J connectivity index is 0.899. The molecule has 0 amide bonds. The highest BCUT2D eigenvalue weighted by Crippen LogP contribution is 2.55. The third kappa shape index (κ3) is 5.97. The van der Waals surface area contributed by atoms with Crippen LogP contribution in [0.3, 0.4) is 0 Å². The Morgan fingerprint density at radius 3 is 1.48 bits per heavy atom. The van der Waals surface area contributed by atoms with Gasteiger partial charge < -0.3 is 18.9 Å². The number of rotatable bonds is 10. The lowest BCUT2D eigenvalue weighted by molar-refractivity contribution is -0.555. The van der Waals surface area contributed by atoms with Gasteiger partial charge in [-0.25, -0.2) is 29.1 Å². The van der Waals surface area contributed by atoms with Crippen molar-refractivity contribution < 1.29 is 67.6 Å². The molecule has 9 rings (SSSR count). The summed E-state index contributed by atoms with van der Waals surface area (Å²) < 4.78 is 23.9. The van der Waals surface area contributed by atoms with Crippen LogP contribution in [0.2, 0.25) is 0 Å². The maximum atomic E-state index is 12.8. The van der Waals surface area contributed by atoms with E-state index in [1.54, 1.807) is 28.1 Å². The molecule has 48 heavy (non-hydrogen) atoms. The van der Waals surface area contributed by atoms with Crippen LogP contribution in [0.5, 0.6) is 0 Å². The summed E-state index contributed by atoms with van der Waals surface area (Å²) in [6.07, 6.45) is 7.89. The molecule has 0 radical (unpaired) electrons. The summed E-state index contributed by atoms with van der Waals surface area (Å²) in [5, 5.41) is 0. The minimum Gasteiger partial charge on any atom is -0.353 e. The lowest BCUT2D eigenvalue weighted by atomic mass is 9.71. The van der Waals surface area contributed by atoms with Gasteiger partial charge in [-0.15, -0.1) is 0 Å². The van der Waals surface area contributed by atoms with E-state index in [-0.39, 0.29) is 48.0 Å². The predicted octanol–water partition coefficient (Wildman–Crippen LogP) is 5.10. The molecule has 1 aromatic rings. The first-order valence-electron chi connectivity index (χ1n) is 17.1. The van der Waals surface area contributed by atoms with Crippen molar-refractivity contribution in [3.63, 3.8) is 0 Å². The van der Waals surface area contributed by atoms with Crippen LogP contribution in [0, 0.1) is 23.7 Å². The van der Waals surface area contributed by atoms with E-state index in [0.29, 0.717) is 12.8 Å². The first kappa shape index (κ1) is 34.2. The van der Waals surface area contributed by atoms with E-state index in [9.17, 15) is 9.59 Å². The molecule has 8 aliphatic rings. The second kappa shape index (κ2) is 13.5. The summed E-state index contributed by atoms with van der Waals surface area (Å²) in [6.45, 7) is 3.62. The second-order valence-electron chi connectivity index (χ2n) is 14.3. The lowest BCUT2D eigenvalue weighted by Crippen LogP contribution is -2.60. The van der Waals surface area contributed by atoms with Gasteiger partial charge >= 0.3 is 11.9 Å². The molecule has 14 heteroatoms. The Morgan fingerprint density at radius 1 is 0.667 bits per heavy atom. The topological polar surface area (TPSA) is 145 Å². The summed E-state index contributed by atoms with van der Waals surface area (Å²) >= 11 is 0. The normalized spacial score (nSPS) is 41.8. The van der Waals surface area contributed by atoms with Crippen molar-refractivity contribution in [3.8, 4) is 0 Å². The molecule has 2 unspecified atom stereocenters. The zero-order valence-electron chi connectivity index (χ0n) is 28.0. The van der Waals surface area contributed by atoms with Crippen molar-refractivity contribution in [1.82, 2.24) is 0 Å². The monoisotopic (exact) mass is 678 g/mol. The number of hydrogen-bond donors (Lipinski definition) is 0. The highest BCUT2D eigenvalue weighted by atomic mass is 17.3. The molecule has 4 bridgehead atoms. The number of hydrogen-bond acceptors (Lipinski definition) is 14. The Kier molecular flexibility index (Phi) is 9.61. The van der Waals surface area contributed by atoms with Gasteiger partial charge in [0.1, 0.15) is 13.2 Å². The Morgan fingerprint density at radius 2 is 1.08 bits per heavy atom. The minimum atomic E-state index is -1.13. The molecule has 10 atom stereocenters. The van der Waals surface area contributed by atoms with Crippen LogP contribution in [-0.4, -0.2) is 74.7 Å². The molecule has 0 N–H and O–H groups in total. The number of carbonyl (C=O) groups is 2. The molecule has 2 spiro atoms. The van der Waals surface area contributed by atoms with E-state index in [1.807, 2.05) is 0 Å². The fourth-order valence-electron chi connectivity index (χ4n) is 8.57. The van der Waals surface area contributed by atoms with Crippen LogP contribution in [0.1, 0.15) is 98.8 Å². The molecular weight excluding hydrogens is 632 g/mol. The van der Waals surface area contributed by atoms with Crippen molar-refractivity contribution in [2.45, 2.75) is 113 Å². The zero-order valence-corrected chi connectivity index (χ0v) is 28.0. The van der Waals surface area contributed by atoms with Gasteiger partial charge in [0.2, 0.25) is 11.6 Å². The maximum Gasteiger partial charge on any atom is 0.373 e. The van der Waals surface area contributed by atoms with Gasteiger partial charge in [0, 0.05) is 26.1 Å². The van der Waals surface area contributed by atoms with E-state index in [0.717, 1.165) is 51.4 Å². The van der Waals surface area contributed by atoms with Gasteiger partial charge in [0.25, 0.3) is 0 Å². The number of benzene rings is 1. The third-order valence-electron chi connectivity index (χ3n) is 11.5. The van der Waals surface area contributed by atoms with Crippen LogP contribution in [0.15, 0.2) is 24.3 Å². The van der Waals surface area contributed by atoms with E-state index in [4.69, 9.17) is 58.0 Å². The smallest absolute Gasteiger partial charge is 0.353 e. The average molecular weight is 679 g/mol. The van der Waals surface area contributed by atoms with Crippen molar-refractivity contribution in [1.29, 1.82) is 0 Å². The van der Waals surface area contributed by atoms with Crippen LogP contribution in [0.4, 0.5) is 0 Å². The van der Waals surface area contributed by atoms with E-state index in [1.165, 1.54) is 24.3 Å². The molecule has 14 nitrogen and oxygen atoms in total. The fraction of sp³-hybridized carbons (Fsp3) is 0.765. The standard InChI is InChI=1S/C34H46O14/c1-31-25(17-23-9-5-7-15-33(23,47-45-31)29(37-3)41-31)19-39-43-27(35)21-11-13-22(14-12-21)28(36)44-40-20-26-18-24-10-6-8-16-34(24)30(38-4)42-32(26,2)46-48-34/h11-14,23-26,29-30H,5-10,15-20H2,1-4H3/t23-,24-,25-,26-,29+,30+,31?,32?,33+,34+/m1/s1. The van der Waals surface area contributed by atoms with Crippen LogP contribution in [0.25, 0.3) is 0 Å². The molecule has 2 aliphatic carbocycles. The van der Waals surface area contributed by atoms with Gasteiger partial charge in [0.05, 0.1) is 11.1 Å². The van der Waals surface area contributed by atoms with Gasteiger partial charge in [-0.2, -0.15) is 9.78 Å². The first-order chi connectivity index (χ1) is 23.1. The highest BCUT2D eigenvalue weighted by Gasteiger charge is 2.64. The highest BCUT2D eigenvalue weighted by molar-refractivity contribution is 5.92. The SMILES string of the molecule is CO[C@H]1OC2(C)OO[C@]13CCCC[C@@H]3C[C@@H]2COOC(=O)c1ccc(C(=O)OOC[C@H]2C[C@H]3CCCC[C@]34OOC2(C)O[C@@H]4OC)cc1. The summed E-state index contributed by atoms with van der Waals surface area (Å²) in [5.74, 6) is -3.97. The van der Waals surface area contributed by atoms with Gasteiger partial charge in [-0.05, 0) is 88.5 Å². The third-order valence-corrected chi connectivity index (χ3v) is 11.5.